The Bertz CT molecular complexity index is 408. The van der Waals surface area contributed by atoms with Crippen molar-refractivity contribution in [3.63, 3.8) is 0 Å². The van der Waals surface area contributed by atoms with Crippen molar-refractivity contribution < 1.29 is 0 Å². The van der Waals surface area contributed by atoms with E-state index < -0.39 is 5.54 Å². The molecule has 0 aliphatic carbocycles. The van der Waals surface area contributed by atoms with Gasteiger partial charge in [-0.3, -0.25) is 4.79 Å². The van der Waals surface area contributed by atoms with Gasteiger partial charge in [0, 0.05) is 0 Å². The van der Waals surface area contributed by atoms with Gasteiger partial charge in [-0.2, -0.15) is 0 Å². The minimum Gasteiger partial charge on any atom is -0.383 e. The fourth-order valence-electron chi connectivity index (χ4n) is 1.29. The third kappa shape index (κ3) is 2.18. The van der Waals surface area contributed by atoms with Crippen molar-refractivity contribution >= 4 is 5.82 Å². The molecule has 1 heterocycles. The Balaban J connectivity index is 3.32. The Hall–Kier alpha value is -1.36. The summed E-state index contributed by atoms with van der Waals surface area (Å²) in [5.74, 6) is 0.728. The molecule has 0 saturated heterocycles. The van der Waals surface area contributed by atoms with Gasteiger partial charge in [-0.25, -0.2) is 4.98 Å². The number of aromatic nitrogens is 2. The molecule has 1 aromatic heterocycles. The fourth-order valence-corrected chi connectivity index (χ4v) is 1.29. The molecular weight excluding hydrogens is 192 g/mol. The number of aromatic amines is 1. The first-order valence-corrected chi connectivity index (χ1v) is 5.10. The summed E-state index contributed by atoms with van der Waals surface area (Å²) in [6, 6.07) is 0. The van der Waals surface area contributed by atoms with Gasteiger partial charge in [-0.05, 0) is 19.8 Å². The maximum absolute atomic E-state index is 11.6. The number of hydrogen-bond donors (Lipinski definition) is 3. The zero-order valence-corrected chi connectivity index (χ0v) is 9.42. The van der Waals surface area contributed by atoms with E-state index in [-0.39, 0.29) is 11.4 Å². The monoisotopic (exact) mass is 210 g/mol. The fraction of sp³-hybridized carbons (Fsp3) is 0.600. The standard InChI is InChI=1S/C10H18N4O/c1-4-6-7(11)13-9(14-8(6)15)10(3,12)5-2/h4-5,12H2,1-3H3,(H3,11,13,14,15). The van der Waals surface area contributed by atoms with E-state index in [0.29, 0.717) is 24.2 Å². The highest BCUT2D eigenvalue weighted by molar-refractivity contribution is 5.38. The van der Waals surface area contributed by atoms with Gasteiger partial charge in [0.05, 0.1) is 11.1 Å². The lowest BCUT2D eigenvalue weighted by Gasteiger charge is -2.21. The summed E-state index contributed by atoms with van der Waals surface area (Å²) < 4.78 is 0. The van der Waals surface area contributed by atoms with Crippen LogP contribution in [0.4, 0.5) is 5.82 Å². The molecule has 1 aromatic rings. The largest absolute Gasteiger partial charge is 0.383 e. The topological polar surface area (TPSA) is 97.8 Å². The van der Waals surface area contributed by atoms with Crippen LogP contribution in [0.25, 0.3) is 0 Å². The van der Waals surface area contributed by atoms with Crippen LogP contribution in [0.2, 0.25) is 0 Å². The van der Waals surface area contributed by atoms with Crippen molar-refractivity contribution in [3.05, 3.63) is 21.7 Å². The van der Waals surface area contributed by atoms with Gasteiger partial charge in [-0.1, -0.05) is 13.8 Å². The first kappa shape index (κ1) is 11.7. The predicted molar refractivity (Wildman–Crippen MR) is 60.5 cm³/mol. The Morgan fingerprint density at radius 3 is 2.47 bits per heavy atom. The Morgan fingerprint density at radius 1 is 1.47 bits per heavy atom. The maximum Gasteiger partial charge on any atom is 0.256 e. The van der Waals surface area contributed by atoms with E-state index in [9.17, 15) is 4.79 Å². The average Bonchev–Trinajstić information content (AvgIpc) is 2.17. The molecule has 15 heavy (non-hydrogen) atoms. The summed E-state index contributed by atoms with van der Waals surface area (Å²) in [5, 5.41) is 0. The minimum absolute atomic E-state index is 0.190. The van der Waals surface area contributed by atoms with Crippen LogP contribution >= 0.6 is 0 Å². The first-order valence-electron chi connectivity index (χ1n) is 5.10. The van der Waals surface area contributed by atoms with E-state index in [2.05, 4.69) is 9.97 Å². The maximum atomic E-state index is 11.6. The lowest BCUT2D eigenvalue weighted by Crippen LogP contribution is -2.37. The minimum atomic E-state index is -0.639. The van der Waals surface area contributed by atoms with Crippen LogP contribution in [-0.4, -0.2) is 9.97 Å². The smallest absolute Gasteiger partial charge is 0.256 e. The van der Waals surface area contributed by atoms with Crippen LogP contribution in [-0.2, 0) is 12.0 Å². The Kier molecular flexibility index (Phi) is 3.14. The normalized spacial score (nSPS) is 14.9. The van der Waals surface area contributed by atoms with Crippen LogP contribution in [0.1, 0.15) is 38.6 Å². The zero-order valence-electron chi connectivity index (χ0n) is 9.42. The van der Waals surface area contributed by atoms with Gasteiger partial charge < -0.3 is 16.5 Å². The van der Waals surface area contributed by atoms with Gasteiger partial charge in [-0.15, -0.1) is 0 Å². The molecule has 5 nitrogen and oxygen atoms in total. The molecule has 0 aromatic carbocycles. The molecule has 0 aliphatic heterocycles. The van der Waals surface area contributed by atoms with Crippen molar-refractivity contribution in [3.8, 4) is 0 Å². The van der Waals surface area contributed by atoms with Crippen molar-refractivity contribution in [1.29, 1.82) is 0 Å². The number of nitrogens with one attached hydrogen (secondary N) is 1. The highest BCUT2D eigenvalue weighted by atomic mass is 16.1. The van der Waals surface area contributed by atoms with Crippen molar-refractivity contribution in [2.45, 2.75) is 39.2 Å². The number of hydrogen-bond acceptors (Lipinski definition) is 4. The van der Waals surface area contributed by atoms with Gasteiger partial charge >= 0.3 is 0 Å². The molecule has 84 valence electrons. The molecule has 5 heteroatoms. The van der Waals surface area contributed by atoms with E-state index in [1.807, 2.05) is 20.8 Å². The highest BCUT2D eigenvalue weighted by Crippen LogP contribution is 2.17. The van der Waals surface area contributed by atoms with Gasteiger partial charge in [0.2, 0.25) is 0 Å². The molecule has 0 bridgehead atoms. The number of H-pyrrole nitrogens is 1. The van der Waals surface area contributed by atoms with E-state index in [1.54, 1.807) is 0 Å². The lowest BCUT2D eigenvalue weighted by molar-refractivity contribution is 0.444. The SMILES string of the molecule is CCc1c(N)nc(C(C)(N)CC)[nH]c1=O. The molecule has 1 atom stereocenters. The lowest BCUT2D eigenvalue weighted by atomic mass is 9.99. The number of nitrogens with zero attached hydrogens (tertiary/aromatic N) is 1. The van der Waals surface area contributed by atoms with Crippen LogP contribution in [0.5, 0.6) is 0 Å². The van der Waals surface area contributed by atoms with E-state index in [0.717, 1.165) is 0 Å². The highest BCUT2D eigenvalue weighted by Gasteiger charge is 2.23. The Morgan fingerprint density at radius 2 is 2.07 bits per heavy atom. The summed E-state index contributed by atoms with van der Waals surface area (Å²) in [6.07, 6.45) is 1.25. The Labute approximate surface area is 88.9 Å². The van der Waals surface area contributed by atoms with Crippen molar-refractivity contribution in [1.82, 2.24) is 9.97 Å². The summed E-state index contributed by atoms with van der Waals surface area (Å²) in [6.45, 7) is 5.62. The number of nitrogens with two attached hydrogens (primary N) is 2. The molecule has 0 saturated carbocycles. The van der Waals surface area contributed by atoms with E-state index >= 15 is 0 Å². The summed E-state index contributed by atoms with van der Waals surface area (Å²) in [4.78, 5) is 18.5. The molecule has 0 fully saturated rings. The van der Waals surface area contributed by atoms with E-state index in [4.69, 9.17) is 11.5 Å². The van der Waals surface area contributed by atoms with Crippen molar-refractivity contribution in [2.24, 2.45) is 5.73 Å². The third-order valence-electron chi connectivity index (χ3n) is 2.68. The molecule has 5 N–H and O–H groups in total. The van der Waals surface area contributed by atoms with Gasteiger partial charge in [0.25, 0.3) is 5.56 Å². The number of nitrogen functional groups attached to an aromatic ring is 1. The summed E-state index contributed by atoms with van der Waals surface area (Å²) in [5.41, 5.74) is 11.4. The molecule has 0 radical (unpaired) electrons. The number of anilines is 1. The molecule has 1 rings (SSSR count). The van der Waals surface area contributed by atoms with Gasteiger partial charge in [0.15, 0.2) is 0 Å². The van der Waals surface area contributed by atoms with Gasteiger partial charge in [0.1, 0.15) is 11.6 Å². The second kappa shape index (κ2) is 4.02. The molecule has 1 unspecified atom stereocenters. The zero-order chi connectivity index (χ0) is 11.6. The van der Waals surface area contributed by atoms with Crippen molar-refractivity contribution in [2.75, 3.05) is 5.73 Å². The summed E-state index contributed by atoms with van der Waals surface area (Å²) >= 11 is 0. The van der Waals surface area contributed by atoms with Crippen LogP contribution < -0.4 is 17.0 Å². The van der Waals surface area contributed by atoms with Crippen LogP contribution in [0.3, 0.4) is 0 Å². The molecule has 0 aliphatic rings. The second-order valence-electron chi connectivity index (χ2n) is 3.90. The first-order chi connectivity index (χ1) is 6.92. The summed E-state index contributed by atoms with van der Waals surface area (Å²) in [7, 11) is 0. The predicted octanol–water partition coefficient (Wildman–Crippen LogP) is 0.498. The van der Waals surface area contributed by atoms with Crippen LogP contribution in [0, 0.1) is 0 Å². The quantitative estimate of drug-likeness (QED) is 0.676. The third-order valence-corrected chi connectivity index (χ3v) is 2.68. The van der Waals surface area contributed by atoms with E-state index in [1.165, 1.54) is 0 Å². The average molecular weight is 210 g/mol. The molecule has 0 amide bonds. The molecular formula is C10H18N4O. The number of rotatable bonds is 3. The molecule has 0 spiro atoms. The second-order valence-corrected chi connectivity index (χ2v) is 3.90. The van der Waals surface area contributed by atoms with Crippen LogP contribution in [0.15, 0.2) is 4.79 Å².